The number of ether oxygens (including phenoxy) is 1. The summed E-state index contributed by atoms with van der Waals surface area (Å²) in [5, 5.41) is 10.5. The summed E-state index contributed by atoms with van der Waals surface area (Å²) in [6, 6.07) is 15.0. The number of benzene rings is 2. The minimum absolute atomic E-state index is 0.183. The number of aryl methyl sites for hydroxylation is 1. The Kier molecular flexibility index (Phi) is 4.57. The molecule has 2 heterocycles. The molecule has 0 aliphatic carbocycles. The van der Waals surface area contributed by atoms with Crippen molar-refractivity contribution in [2.45, 2.75) is 19.9 Å². The van der Waals surface area contributed by atoms with E-state index in [0.29, 0.717) is 11.5 Å². The maximum Gasteiger partial charge on any atom is 0.255 e. The zero-order valence-electron chi connectivity index (χ0n) is 15.9. The van der Waals surface area contributed by atoms with Crippen LogP contribution in [0.15, 0.2) is 66.1 Å². The van der Waals surface area contributed by atoms with E-state index in [-0.39, 0.29) is 5.91 Å². The molecule has 1 aliphatic rings. The normalized spacial score (nSPS) is 15.6. The van der Waals surface area contributed by atoms with Gasteiger partial charge in [0.25, 0.3) is 5.91 Å². The fourth-order valence-electron chi connectivity index (χ4n) is 3.40. The highest BCUT2D eigenvalue weighted by atomic mass is 16.5. The molecule has 28 heavy (non-hydrogen) atoms. The zero-order chi connectivity index (χ0) is 19.7. The maximum absolute atomic E-state index is 13.2. The van der Waals surface area contributed by atoms with Crippen molar-refractivity contribution in [3.63, 3.8) is 0 Å². The third kappa shape index (κ3) is 3.22. The smallest absolute Gasteiger partial charge is 0.255 e. The minimum atomic E-state index is -0.394. The second-order valence-corrected chi connectivity index (χ2v) is 6.69. The van der Waals surface area contributed by atoms with Crippen LogP contribution in [0, 0.1) is 6.92 Å². The van der Waals surface area contributed by atoms with Gasteiger partial charge in [-0.2, -0.15) is 10.1 Å². The van der Waals surface area contributed by atoms with E-state index in [1.54, 1.807) is 11.8 Å². The second-order valence-electron chi connectivity index (χ2n) is 6.69. The lowest BCUT2D eigenvalue weighted by molar-refractivity contribution is -0.113. The molecule has 0 bridgehead atoms. The summed E-state index contributed by atoms with van der Waals surface area (Å²) in [6.07, 6.45) is 1.48. The second kappa shape index (κ2) is 7.19. The van der Waals surface area contributed by atoms with Crippen LogP contribution in [-0.4, -0.2) is 27.8 Å². The molecule has 7 nitrogen and oxygen atoms in total. The Labute approximate surface area is 163 Å². The van der Waals surface area contributed by atoms with E-state index >= 15 is 0 Å². The molecule has 0 saturated heterocycles. The van der Waals surface area contributed by atoms with Crippen LogP contribution in [0.2, 0.25) is 0 Å². The SMILES string of the molecule is COc1ccc(C2C(C(=O)Nc3cccc(C)c3)=C(C)Nc3ncnn32)cc1. The van der Waals surface area contributed by atoms with E-state index in [1.807, 2.05) is 62.4 Å². The average molecular weight is 375 g/mol. The molecular formula is C21H21N5O2. The van der Waals surface area contributed by atoms with Crippen LogP contribution in [0.5, 0.6) is 5.75 Å². The highest BCUT2D eigenvalue weighted by molar-refractivity contribution is 6.06. The third-order valence-electron chi connectivity index (χ3n) is 4.75. The molecule has 7 heteroatoms. The molecule has 1 unspecified atom stereocenters. The number of amides is 1. The molecule has 0 spiro atoms. The summed E-state index contributed by atoms with van der Waals surface area (Å²) in [6.45, 7) is 3.87. The first-order valence-corrected chi connectivity index (χ1v) is 8.96. The summed E-state index contributed by atoms with van der Waals surface area (Å²) in [5.74, 6) is 1.17. The number of nitrogens with one attached hydrogen (secondary N) is 2. The Bertz CT molecular complexity index is 1050. The first-order chi connectivity index (χ1) is 13.6. The van der Waals surface area contributed by atoms with Gasteiger partial charge >= 0.3 is 0 Å². The number of anilines is 2. The van der Waals surface area contributed by atoms with E-state index < -0.39 is 6.04 Å². The van der Waals surface area contributed by atoms with Crippen molar-refractivity contribution in [1.29, 1.82) is 0 Å². The Morgan fingerprint density at radius 1 is 1.18 bits per heavy atom. The lowest BCUT2D eigenvalue weighted by Crippen LogP contribution is -2.31. The highest BCUT2D eigenvalue weighted by Gasteiger charge is 2.33. The molecule has 2 N–H and O–H groups in total. The Balaban J connectivity index is 1.74. The molecule has 0 fully saturated rings. The van der Waals surface area contributed by atoms with Gasteiger partial charge in [-0.1, -0.05) is 24.3 Å². The number of aromatic nitrogens is 3. The summed E-state index contributed by atoms with van der Waals surface area (Å²) >= 11 is 0. The summed E-state index contributed by atoms with van der Waals surface area (Å²) in [4.78, 5) is 17.5. The van der Waals surface area contributed by atoms with Gasteiger partial charge in [0.1, 0.15) is 18.1 Å². The van der Waals surface area contributed by atoms with Crippen LogP contribution in [0.3, 0.4) is 0 Å². The van der Waals surface area contributed by atoms with E-state index in [9.17, 15) is 4.79 Å². The number of nitrogens with zero attached hydrogens (tertiary/aromatic N) is 3. The van der Waals surface area contributed by atoms with Gasteiger partial charge in [-0.3, -0.25) is 4.79 Å². The number of fused-ring (bicyclic) bond motifs is 1. The minimum Gasteiger partial charge on any atom is -0.497 e. The van der Waals surface area contributed by atoms with Crippen molar-refractivity contribution >= 4 is 17.5 Å². The Hall–Kier alpha value is -3.61. The van der Waals surface area contributed by atoms with Crippen molar-refractivity contribution in [1.82, 2.24) is 14.8 Å². The maximum atomic E-state index is 13.2. The third-order valence-corrected chi connectivity index (χ3v) is 4.75. The molecule has 0 radical (unpaired) electrons. The van der Waals surface area contributed by atoms with Crippen LogP contribution in [0.25, 0.3) is 0 Å². The number of carbonyl (C=O) groups excluding carboxylic acids is 1. The first kappa shape index (κ1) is 17.8. The van der Waals surface area contributed by atoms with Crippen molar-refractivity contribution in [2.24, 2.45) is 0 Å². The largest absolute Gasteiger partial charge is 0.497 e. The van der Waals surface area contributed by atoms with Gasteiger partial charge in [0.2, 0.25) is 5.95 Å². The topological polar surface area (TPSA) is 81.1 Å². The van der Waals surface area contributed by atoms with E-state index in [4.69, 9.17) is 4.74 Å². The molecule has 1 aromatic heterocycles. The van der Waals surface area contributed by atoms with E-state index in [2.05, 4.69) is 20.7 Å². The Morgan fingerprint density at radius 2 is 1.96 bits per heavy atom. The predicted octanol–water partition coefficient (Wildman–Crippen LogP) is 3.52. The molecule has 4 rings (SSSR count). The number of hydrogen-bond donors (Lipinski definition) is 2. The molecule has 3 aromatic rings. The average Bonchev–Trinajstić information content (AvgIpc) is 3.15. The zero-order valence-corrected chi connectivity index (χ0v) is 15.9. The van der Waals surface area contributed by atoms with E-state index in [0.717, 1.165) is 28.3 Å². The Morgan fingerprint density at radius 3 is 2.68 bits per heavy atom. The highest BCUT2D eigenvalue weighted by Crippen LogP contribution is 2.35. The number of carbonyl (C=O) groups is 1. The molecular weight excluding hydrogens is 354 g/mol. The van der Waals surface area contributed by atoms with Crippen LogP contribution in [0.4, 0.5) is 11.6 Å². The van der Waals surface area contributed by atoms with Gasteiger partial charge in [-0.25, -0.2) is 4.68 Å². The van der Waals surface area contributed by atoms with Crippen LogP contribution in [0.1, 0.15) is 24.1 Å². The van der Waals surface area contributed by atoms with Gasteiger partial charge < -0.3 is 15.4 Å². The van der Waals surface area contributed by atoms with Crippen LogP contribution >= 0.6 is 0 Å². The lowest BCUT2D eigenvalue weighted by atomic mass is 9.95. The number of rotatable bonds is 4. The van der Waals surface area contributed by atoms with Gasteiger partial charge in [0.05, 0.1) is 12.7 Å². The standard InChI is InChI=1S/C21H21N5O2/c1-13-5-4-6-16(11-13)25-20(27)18-14(2)24-21-22-12-23-26(21)19(18)15-7-9-17(28-3)10-8-15/h4-12,19H,1-3H3,(H,25,27)(H,22,23,24). The fourth-order valence-corrected chi connectivity index (χ4v) is 3.40. The van der Waals surface area contributed by atoms with Gasteiger partial charge in [0, 0.05) is 11.4 Å². The summed E-state index contributed by atoms with van der Waals surface area (Å²) in [7, 11) is 1.62. The monoisotopic (exact) mass is 375 g/mol. The van der Waals surface area contributed by atoms with Crippen molar-refractivity contribution in [2.75, 3.05) is 17.7 Å². The van der Waals surface area contributed by atoms with Gasteiger partial charge in [0.15, 0.2) is 0 Å². The van der Waals surface area contributed by atoms with Gasteiger partial charge in [-0.05, 0) is 49.2 Å². The molecule has 0 saturated carbocycles. The lowest BCUT2D eigenvalue weighted by Gasteiger charge is -2.28. The first-order valence-electron chi connectivity index (χ1n) is 8.96. The fraction of sp³-hybridized carbons (Fsp3) is 0.190. The number of allylic oxidation sites excluding steroid dienone is 1. The number of hydrogen-bond acceptors (Lipinski definition) is 5. The van der Waals surface area contributed by atoms with Crippen molar-refractivity contribution in [3.05, 3.63) is 77.3 Å². The van der Waals surface area contributed by atoms with Crippen molar-refractivity contribution in [3.8, 4) is 5.75 Å². The van der Waals surface area contributed by atoms with Crippen molar-refractivity contribution < 1.29 is 9.53 Å². The number of methoxy groups -OCH3 is 1. The summed E-state index contributed by atoms with van der Waals surface area (Å²) in [5.41, 5.74) is 4.08. The molecule has 1 aliphatic heterocycles. The molecule has 142 valence electrons. The van der Waals surface area contributed by atoms with Crippen LogP contribution in [-0.2, 0) is 4.79 Å². The quantitative estimate of drug-likeness (QED) is 0.729. The summed E-state index contributed by atoms with van der Waals surface area (Å²) < 4.78 is 6.98. The van der Waals surface area contributed by atoms with Gasteiger partial charge in [-0.15, -0.1) is 0 Å². The molecule has 2 aromatic carbocycles. The predicted molar refractivity (Wildman–Crippen MR) is 107 cm³/mol. The molecule has 1 amide bonds. The van der Waals surface area contributed by atoms with E-state index in [1.165, 1.54) is 6.33 Å². The van der Waals surface area contributed by atoms with Crippen LogP contribution < -0.4 is 15.4 Å². The molecule has 1 atom stereocenters.